The zero-order valence-corrected chi connectivity index (χ0v) is 21.5. The lowest BCUT2D eigenvalue weighted by Gasteiger charge is -2.36. The van der Waals surface area contributed by atoms with Gasteiger partial charge in [0.1, 0.15) is 0 Å². The van der Waals surface area contributed by atoms with Gasteiger partial charge in [-0.1, -0.05) is 21.5 Å². The summed E-state index contributed by atoms with van der Waals surface area (Å²) in [6.45, 7) is 15.9. The third-order valence-corrected chi connectivity index (χ3v) is 11.2. The molecule has 166 valence electrons. The van der Waals surface area contributed by atoms with Gasteiger partial charge in [-0.2, -0.15) is 0 Å². The van der Waals surface area contributed by atoms with Gasteiger partial charge in [0.05, 0.1) is 11.0 Å². The molecule has 1 atom stereocenters. The van der Waals surface area contributed by atoms with Gasteiger partial charge in [0.15, 0.2) is 0 Å². The van der Waals surface area contributed by atoms with Gasteiger partial charge in [0.25, 0.3) is 0 Å². The summed E-state index contributed by atoms with van der Waals surface area (Å²) in [5.74, 6) is 0. The third kappa shape index (κ3) is 4.38. The summed E-state index contributed by atoms with van der Waals surface area (Å²) in [6.07, 6.45) is 0. The van der Waals surface area contributed by atoms with Gasteiger partial charge in [-0.15, -0.1) is 0 Å². The number of nitrogens with zero attached hydrogens (tertiary/aromatic N) is 5. The fourth-order valence-electron chi connectivity index (χ4n) is 4.76. The standard InChI is InChI=1S/C24H32IN5S/c1-3-27-9-13-29(14-10-27)19-5-7-21-23(17-19)31(25)24-18-20(6-8-22(24)26-21)30-15-11-28(4-2)12-16-30/h5-8,17-18H,3-4,9-16H2,1-2H3. The molecule has 3 aliphatic rings. The van der Waals surface area contributed by atoms with Gasteiger partial charge in [-0.25, -0.2) is 4.99 Å². The zero-order chi connectivity index (χ0) is 21.4. The minimum absolute atomic E-state index is 0.0154. The molecule has 0 saturated carbocycles. The summed E-state index contributed by atoms with van der Waals surface area (Å²) >= 11 is 2.65. The van der Waals surface area contributed by atoms with E-state index in [-0.39, 0.29) is 7.66 Å². The van der Waals surface area contributed by atoms with Crippen molar-refractivity contribution >= 4 is 45.9 Å². The molecular formula is C24H32IN5S. The van der Waals surface area contributed by atoms with E-state index in [9.17, 15) is 0 Å². The second kappa shape index (κ2) is 9.37. The Kier molecular flexibility index (Phi) is 6.55. The Balaban J connectivity index is 1.44. The molecule has 3 aliphatic heterocycles. The first kappa shape index (κ1) is 21.7. The van der Waals surface area contributed by atoms with Gasteiger partial charge in [-0.3, -0.25) is 0 Å². The maximum Gasteiger partial charge on any atom is 0.0777 e. The molecule has 3 heterocycles. The molecule has 1 unspecified atom stereocenters. The van der Waals surface area contributed by atoms with Crippen LogP contribution in [0.2, 0.25) is 0 Å². The molecule has 0 bridgehead atoms. The summed E-state index contributed by atoms with van der Waals surface area (Å²) in [5.41, 5.74) is 3.86. The lowest BCUT2D eigenvalue weighted by molar-refractivity contribution is 0.271. The first-order valence-electron chi connectivity index (χ1n) is 11.5. The van der Waals surface area contributed by atoms with E-state index in [0.717, 1.165) is 76.5 Å². The van der Waals surface area contributed by atoms with Crippen molar-refractivity contribution in [1.29, 1.82) is 0 Å². The van der Waals surface area contributed by atoms with Crippen molar-refractivity contribution in [2.24, 2.45) is 4.99 Å². The summed E-state index contributed by atoms with van der Waals surface area (Å²) in [6, 6.07) is 13.8. The van der Waals surface area contributed by atoms with Gasteiger partial charge >= 0.3 is 0 Å². The number of rotatable bonds is 4. The number of likely N-dealkylation sites (N-methyl/N-ethyl adjacent to an activating group) is 2. The van der Waals surface area contributed by atoms with Gasteiger partial charge in [0.2, 0.25) is 0 Å². The Bertz CT molecular complexity index is 1070. The van der Waals surface area contributed by atoms with Gasteiger partial charge < -0.3 is 19.6 Å². The minimum atomic E-state index is 0.0154. The SMILES string of the molecule is CCN1CCN(c2ccc3c(c2)S(I)=c2cc(N4CCN(CC)CC4)ccc2=N3)CC1. The van der Waals surface area contributed by atoms with Crippen molar-refractivity contribution in [3.05, 3.63) is 46.3 Å². The van der Waals surface area contributed by atoms with Crippen LogP contribution in [0.25, 0.3) is 0 Å². The molecule has 0 aliphatic carbocycles. The maximum absolute atomic E-state index is 5.03. The highest BCUT2D eigenvalue weighted by Gasteiger charge is 2.20. The smallest absolute Gasteiger partial charge is 0.0777 e. The lowest BCUT2D eigenvalue weighted by Crippen LogP contribution is -2.46. The van der Waals surface area contributed by atoms with Crippen LogP contribution in [0.4, 0.5) is 17.1 Å². The Morgan fingerprint density at radius 1 is 0.774 bits per heavy atom. The normalized spacial score (nSPS) is 22.1. The molecule has 31 heavy (non-hydrogen) atoms. The van der Waals surface area contributed by atoms with E-state index >= 15 is 0 Å². The number of piperazine rings is 2. The van der Waals surface area contributed by atoms with Crippen LogP contribution in [0, 0.1) is 4.51 Å². The molecule has 2 fully saturated rings. The third-order valence-electron chi connectivity index (χ3n) is 6.88. The molecule has 7 heteroatoms. The highest BCUT2D eigenvalue weighted by Crippen LogP contribution is 2.46. The van der Waals surface area contributed by atoms with Crippen molar-refractivity contribution in [3.8, 4) is 0 Å². The number of benzene rings is 2. The Hall–Kier alpha value is -1.16. The largest absolute Gasteiger partial charge is 0.369 e. The number of anilines is 2. The van der Waals surface area contributed by atoms with Crippen molar-refractivity contribution < 1.29 is 0 Å². The molecule has 2 saturated heterocycles. The average molecular weight is 550 g/mol. The first-order chi connectivity index (χ1) is 15.2. The average Bonchev–Trinajstić information content (AvgIpc) is 2.84. The van der Waals surface area contributed by atoms with Crippen LogP contribution < -0.4 is 15.2 Å². The van der Waals surface area contributed by atoms with Crippen LogP contribution in [0.5, 0.6) is 0 Å². The van der Waals surface area contributed by atoms with Crippen LogP contribution in [0.15, 0.2) is 46.3 Å². The van der Waals surface area contributed by atoms with Crippen LogP contribution >= 0.6 is 28.9 Å². The van der Waals surface area contributed by atoms with E-state index in [4.69, 9.17) is 4.99 Å². The highest BCUT2D eigenvalue weighted by molar-refractivity contribution is 14.2. The van der Waals surface area contributed by atoms with E-state index in [0.29, 0.717) is 0 Å². The molecule has 2 aromatic rings. The van der Waals surface area contributed by atoms with E-state index < -0.39 is 0 Å². The van der Waals surface area contributed by atoms with E-state index in [1.54, 1.807) is 0 Å². The molecular weight excluding hydrogens is 517 g/mol. The van der Waals surface area contributed by atoms with Crippen LogP contribution in [-0.2, 0) is 0 Å². The summed E-state index contributed by atoms with van der Waals surface area (Å²) in [7, 11) is 0.0154. The number of hydrogen-bond donors (Lipinski definition) is 0. The summed E-state index contributed by atoms with van der Waals surface area (Å²) in [4.78, 5) is 16.6. The molecule has 0 amide bonds. The van der Waals surface area contributed by atoms with E-state index in [1.165, 1.54) is 20.8 Å². The number of hydrogen-bond acceptors (Lipinski definition) is 5. The molecule has 0 N–H and O–H groups in total. The zero-order valence-electron chi connectivity index (χ0n) is 18.6. The quantitative estimate of drug-likeness (QED) is 0.423. The van der Waals surface area contributed by atoms with Crippen LogP contribution in [0.1, 0.15) is 13.8 Å². The Morgan fingerprint density at radius 3 is 1.90 bits per heavy atom. The lowest BCUT2D eigenvalue weighted by atomic mass is 10.2. The summed E-state index contributed by atoms with van der Waals surface area (Å²) in [5, 5.41) is 1.14. The Labute approximate surface area is 200 Å². The highest BCUT2D eigenvalue weighted by atomic mass is 127. The first-order valence-corrected chi connectivity index (χ1v) is 15.3. The predicted molar refractivity (Wildman–Crippen MR) is 141 cm³/mol. The second-order valence-electron chi connectivity index (χ2n) is 8.51. The second-order valence-corrected chi connectivity index (χ2v) is 12.5. The number of halogens is 1. The van der Waals surface area contributed by atoms with Gasteiger partial charge in [-0.05, 0) is 70.7 Å². The fraction of sp³-hybridized carbons (Fsp3) is 0.500. The van der Waals surface area contributed by atoms with Crippen LogP contribution in [-0.4, -0.2) is 75.2 Å². The van der Waals surface area contributed by atoms with E-state index in [1.807, 2.05) is 0 Å². The fourth-order valence-corrected chi connectivity index (χ4v) is 8.16. The maximum atomic E-state index is 5.03. The van der Waals surface area contributed by atoms with Crippen molar-refractivity contribution in [2.75, 3.05) is 75.2 Å². The molecule has 0 spiro atoms. The molecule has 5 nitrogen and oxygen atoms in total. The van der Waals surface area contributed by atoms with E-state index in [2.05, 4.69) is 91.1 Å². The Morgan fingerprint density at radius 2 is 1.32 bits per heavy atom. The molecule has 5 rings (SSSR count). The van der Waals surface area contributed by atoms with Gasteiger partial charge in [0, 0.05) is 73.1 Å². The van der Waals surface area contributed by atoms with Crippen molar-refractivity contribution in [3.63, 3.8) is 0 Å². The topological polar surface area (TPSA) is 25.3 Å². The van der Waals surface area contributed by atoms with Crippen molar-refractivity contribution in [1.82, 2.24) is 9.80 Å². The van der Waals surface area contributed by atoms with Crippen LogP contribution in [0.3, 0.4) is 0 Å². The predicted octanol–water partition coefficient (Wildman–Crippen LogP) is 4.16. The molecule has 2 aromatic carbocycles. The monoisotopic (exact) mass is 549 g/mol. The number of fused-ring (bicyclic) bond motifs is 2. The molecule has 0 radical (unpaired) electrons. The van der Waals surface area contributed by atoms with Crippen molar-refractivity contribution in [2.45, 2.75) is 18.7 Å². The summed E-state index contributed by atoms with van der Waals surface area (Å²) < 4.78 is 1.39. The molecule has 0 aromatic heterocycles. The minimum Gasteiger partial charge on any atom is -0.369 e.